The van der Waals surface area contributed by atoms with E-state index in [1.807, 2.05) is 6.07 Å². The number of esters is 1. The number of carbonyl (C=O) groups excluding carboxylic acids is 1. The Morgan fingerprint density at radius 2 is 1.94 bits per heavy atom. The number of ether oxygens (including phenoxy) is 1. The third kappa shape index (κ3) is 6.30. The van der Waals surface area contributed by atoms with Crippen LogP contribution in [-0.2, 0) is 11.2 Å². The maximum absolute atomic E-state index is 11.6. The first-order valence-corrected chi connectivity index (χ1v) is 12.5. The van der Waals surface area contributed by atoms with E-state index >= 15 is 0 Å². The zero-order valence-electron chi connectivity index (χ0n) is 19.2. The van der Waals surface area contributed by atoms with Gasteiger partial charge in [-0.25, -0.2) is 4.79 Å². The minimum absolute atomic E-state index is 0.244. The van der Waals surface area contributed by atoms with Gasteiger partial charge in [-0.2, -0.15) is 0 Å². The summed E-state index contributed by atoms with van der Waals surface area (Å²) in [5.41, 5.74) is 5.36. The molecule has 0 amide bonds. The highest BCUT2D eigenvalue weighted by atomic mass is 32.1. The lowest BCUT2D eigenvalue weighted by atomic mass is 9.88. The average molecular weight is 441 g/mol. The van der Waals surface area contributed by atoms with Crippen LogP contribution in [0.25, 0.3) is 5.57 Å². The number of carbonyl (C=O) groups is 1. The highest BCUT2D eigenvalue weighted by Crippen LogP contribution is 2.41. The van der Waals surface area contributed by atoms with E-state index in [0.717, 1.165) is 31.2 Å². The second-order valence-corrected chi connectivity index (χ2v) is 9.88. The van der Waals surface area contributed by atoms with Gasteiger partial charge in [-0.3, -0.25) is 0 Å². The molecule has 2 aromatic rings. The number of benzene rings is 1. The number of hydrogen-bond acceptors (Lipinski definition) is 4. The van der Waals surface area contributed by atoms with Gasteiger partial charge in [0.25, 0.3) is 0 Å². The van der Waals surface area contributed by atoms with E-state index in [0.29, 0.717) is 10.8 Å². The van der Waals surface area contributed by atoms with Gasteiger partial charge in [0, 0.05) is 4.88 Å². The molecule has 0 aliphatic heterocycles. The quantitative estimate of drug-likeness (QED) is 0.293. The van der Waals surface area contributed by atoms with Crippen LogP contribution >= 0.6 is 11.3 Å². The van der Waals surface area contributed by atoms with Crippen LogP contribution in [0.4, 0.5) is 0 Å². The van der Waals surface area contributed by atoms with Crippen LogP contribution in [0.2, 0.25) is 0 Å². The lowest BCUT2D eigenvalue weighted by Gasteiger charge is -2.17. The van der Waals surface area contributed by atoms with Crippen molar-refractivity contribution in [3.05, 3.63) is 62.9 Å². The Morgan fingerprint density at radius 1 is 1.16 bits per heavy atom. The standard InChI is InChI=1S/C27H36O3S/c1-4-5-6-10-24(28)20-13-15-22(16-14-20)26-19(2)11-12-21(26)8-7-9-23-17-18-25(31-23)27(29)30-3/h13-18,21,24,28H,4-12H2,1-3H3/t21?,24-/m0/s1. The van der Waals surface area contributed by atoms with Crippen molar-refractivity contribution in [2.75, 3.05) is 7.11 Å². The summed E-state index contributed by atoms with van der Waals surface area (Å²) in [6.07, 6.45) is 9.62. The molecule has 1 aromatic heterocycles. The van der Waals surface area contributed by atoms with Crippen molar-refractivity contribution in [3.8, 4) is 0 Å². The van der Waals surface area contributed by atoms with Crippen molar-refractivity contribution in [2.45, 2.75) is 77.7 Å². The summed E-state index contributed by atoms with van der Waals surface area (Å²) in [6.45, 7) is 4.46. The monoisotopic (exact) mass is 440 g/mol. The Labute approximate surface area is 191 Å². The number of hydrogen-bond donors (Lipinski definition) is 1. The van der Waals surface area contributed by atoms with E-state index in [4.69, 9.17) is 4.74 Å². The molecule has 0 bridgehead atoms. The van der Waals surface area contributed by atoms with Crippen molar-refractivity contribution >= 4 is 22.9 Å². The predicted octanol–water partition coefficient (Wildman–Crippen LogP) is 7.35. The van der Waals surface area contributed by atoms with Crippen molar-refractivity contribution in [1.82, 2.24) is 0 Å². The molecule has 3 rings (SSSR count). The van der Waals surface area contributed by atoms with E-state index < -0.39 is 0 Å². The molecular formula is C27H36O3S. The number of allylic oxidation sites excluding steroid dienone is 2. The van der Waals surface area contributed by atoms with Gasteiger partial charge in [0.1, 0.15) is 4.88 Å². The van der Waals surface area contributed by atoms with Crippen LogP contribution in [0.15, 0.2) is 42.0 Å². The predicted molar refractivity (Wildman–Crippen MR) is 129 cm³/mol. The van der Waals surface area contributed by atoms with Crippen molar-refractivity contribution in [3.63, 3.8) is 0 Å². The van der Waals surface area contributed by atoms with Crippen molar-refractivity contribution in [1.29, 1.82) is 0 Å². The van der Waals surface area contributed by atoms with Gasteiger partial charge in [-0.05, 0) is 80.2 Å². The smallest absolute Gasteiger partial charge is 0.348 e. The van der Waals surface area contributed by atoms with Crippen LogP contribution in [0.1, 0.15) is 97.0 Å². The first-order valence-electron chi connectivity index (χ1n) is 11.7. The highest BCUT2D eigenvalue weighted by molar-refractivity contribution is 7.13. The molecule has 3 nitrogen and oxygen atoms in total. The maximum atomic E-state index is 11.6. The third-order valence-electron chi connectivity index (χ3n) is 6.45. The van der Waals surface area contributed by atoms with Crippen molar-refractivity contribution in [2.24, 2.45) is 5.92 Å². The molecule has 0 saturated carbocycles. The van der Waals surface area contributed by atoms with Gasteiger partial charge < -0.3 is 9.84 Å². The third-order valence-corrected chi connectivity index (χ3v) is 7.57. The number of aliphatic hydroxyl groups excluding tert-OH is 1. The highest BCUT2D eigenvalue weighted by Gasteiger charge is 2.24. The fourth-order valence-corrected chi connectivity index (χ4v) is 5.64. The number of methoxy groups -OCH3 is 1. The largest absolute Gasteiger partial charge is 0.465 e. The molecule has 2 atom stereocenters. The van der Waals surface area contributed by atoms with Gasteiger partial charge in [0.15, 0.2) is 0 Å². The van der Waals surface area contributed by atoms with E-state index in [-0.39, 0.29) is 12.1 Å². The number of aryl methyl sites for hydroxylation is 1. The summed E-state index contributed by atoms with van der Waals surface area (Å²) in [5, 5.41) is 10.4. The normalized spacial score (nSPS) is 17.2. The molecule has 168 valence electrons. The first kappa shape index (κ1) is 23.7. The zero-order valence-corrected chi connectivity index (χ0v) is 20.0. The molecule has 1 heterocycles. The number of aliphatic hydroxyl groups is 1. The van der Waals surface area contributed by atoms with Crippen LogP contribution in [0.3, 0.4) is 0 Å². The van der Waals surface area contributed by atoms with E-state index in [2.05, 4.69) is 44.2 Å². The molecule has 0 spiro atoms. The van der Waals surface area contributed by atoms with Gasteiger partial charge >= 0.3 is 5.97 Å². The van der Waals surface area contributed by atoms with Gasteiger partial charge in [-0.1, -0.05) is 56.0 Å². The molecule has 1 N–H and O–H groups in total. The maximum Gasteiger partial charge on any atom is 0.348 e. The summed E-state index contributed by atoms with van der Waals surface area (Å²) >= 11 is 1.55. The van der Waals surface area contributed by atoms with E-state index in [1.54, 1.807) is 11.3 Å². The Bertz CT molecular complexity index is 878. The molecular weight excluding hydrogens is 404 g/mol. The molecule has 1 aliphatic rings. The van der Waals surface area contributed by atoms with Crippen LogP contribution in [-0.4, -0.2) is 18.2 Å². The fraction of sp³-hybridized carbons (Fsp3) is 0.519. The SMILES string of the molecule is CCCCC[C@H](O)c1ccc(C2=C(C)CCC2CCCc2ccc(C(=O)OC)s2)cc1. The summed E-state index contributed by atoms with van der Waals surface area (Å²) in [6, 6.07) is 12.6. The molecule has 0 radical (unpaired) electrons. The topological polar surface area (TPSA) is 46.5 Å². The van der Waals surface area contributed by atoms with Crippen LogP contribution in [0.5, 0.6) is 0 Å². The summed E-state index contributed by atoms with van der Waals surface area (Å²) in [4.78, 5) is 13.6. The number of rotatable bonds is 11. The minimum atomic E-state index is -0.351. The first-order chi connectivity index (χ1) is 15.0. The molecule has 1 aromatic carbocycles. The molecule has 0 saturated heterocycles. The summed E-state index contributed by atoms with van der Waals surface area (Å²) < 4.78 is 4.81. The Hall–Kier alpha value is -1.91. The van der Waals surface area contributed by atoms with Crippen LogP contribution in [0, 0.1) is 5.92 Å². The Balaban J connectivity index is 1.57. The second-order valence-electron chi connectivity index (χ2n) is 8.71. The summed E-state index contributed by atoms with van der Waals surface area (Å²) in [5.74, 6) is 0.354. The number of unbranched alkanes of at least 4 members (excludes halogenated alkanes) is 2. The van der Waals surface area contributed by atoms with Crippen molar-refractivity contribution < 1.29 is 14.6 Å². The average Bonchev–Trinajstić information content (AvgIpc) is 3.40. The number of thiophene rings is 1. The van der Waals surface area contributed by atoms with E-state index in [9.17, 15) is 9.90 Å². The second kappa shape index (κ2) is 11.6. The van der Waals surface area contributed by atoms with Gasteiger partial charge in [-0.15, -0.1) is 11.3 Å². The molecule has 1 unspecified atom stereocenters. The van der Waals surface area contributed by atoms with Gasteiger partial charge in [0.2, 0.25) is 0 Å². The molecule has 31 heavy (non-hydrogen) atoms. The molecule has 0 fully saturated rings. The summed E-state index contributed by atoms with van der Waals surface area (Å²) in [7, 11) is 1.43. The van der Waals surface area contributed by atoms with Crippen LogP contribution < -0.4 is 0 Å². The van der Waals surface area contributed by atoms with Gasteiger partial charge in [0.05, 0.1) is 13.2 Å². The Kier molecular flexibility index (Phi) is 8.91. The Morgan fingerprint density at radius 3 is 2.65 bits per heavy atom. The molecule has 1 aliphatic carbocycles. The van der Waals surface area contributed by atoms with E-state index in [1.165, 1.54) is 60.8 Å². The molecule has 4 heteroatoms. The lowest BCUT2D eigenvalue weighted by molar-refractivity contribution is 0.0606. The zero-order chi connectivity index (χ0) is 22.2. The lowest BCUT2D eigenvalue weighted by Crippen LogP contribution is -2.02. The fourth-order valence-electron chi connectivity index (χ4n) is 4.67. The minimum Gasteiger partial charge on any atom is -0.465 e.